The van der Waals surface area contributed by atoms with E-state index in [0.29, 0.717) is 0 Å². The second-order valence-electron chi connectivity index (χ2n) is 4.97. The van der Waals surface area contributed by atoms with Gasteiger partial charge >= 0.3 is 29.6 Å². The quantitative estimate of drug-likeness (QED) is 0.299. The summed E-state index contributed by atoms with van der Waals surface area (Å²) in [5.74, 6) is -0.102. The molecule has 3 heterocycles. The van der Waals surface area contributed by atoms with E-state index in [4.69, 9.17) is 15.4 Å². The third kappa shape index (κ3) is 4.04. The number of phosphoric acid groups is 1. The van der Waals surface area contributed by atoms with Gasteiger partial charge in [0.1, 0.15) is 12.3 Å². The Balaban J connectivity index is 0.00000208. The van der Waals surface area contributed by atoms with E-state index in [-0.39, 0.29) is 53.1 Å². The molecule has 1 aliphatic rings. The van der Waals surface area contributed by atoms with Gasteiger partial charge in [0.25, 0.3) is 13.4 Å². The number of nitrogens with zero attached hydrogens (tertiary/aromatic N) is 3. The predicted octanol–water partition coefficient (Wildman–Crippen LogP) is -5.17. The Morgan fingerprint density at radius 1 is 1.62 bits per heavy atom. The van der Waals surface area contributed by atoms with Crippen molar-refractivity contribution < 1.29 is 58.3 Å². The maximum absolute atomic E-state index is 11.7. The SMILES string of the molecule is Nc1nc2c(ncn2C2CC(O)C(COP(=O)([O-])O)O2)c(=O)[nH]1.[Na+]. The van der Waals surface area contributed by atoms with Crippen LogP contribution in [0.3, 0.4) is 0 Å². The summed E-state index contributed by atoms with van der Waals surface area (Å²) in [6.45, 7) is -0.544. The minimum Gasteiger partial charge on any atom is -0.756 e. The van der Waals surface area contributed by atoms with Crippen LogP contribution in [0, 0.1) is 0 Å². The molecule has 3 rings (SSSR count). The van der Waals surface area contributed by atoms with Crippen molar-refractivity contribution in [1.29, 1.82) is 0 Å². The molecule has 4 atom stereocenters. The van der Waals surface area contributed by atoms with Crippen molar-refractivity contribution in [1.82, 2.24) is 19.5 Å². The molecule has 0 amide bonds. The molecule has 14 heteroatoms. The molecule has 1 aliphatic heterocycles. The standard InChI is InChI=1S/C10H14N5O7P.Na/c11-10-13-8-7(9(17)14-10)12-3-15(8)6-1-4(16)5(22-6)2-21-23(18,19)20;/h3-6,16H,1-2H2,(H2,18,19,20)(H3,11,13,14,17);/q;+1/p-1. The van der Waals surface area contributed by atoms with E-state index in [1.165, 1.54) is 10.9 Å². The number of aromatic amines is 1. The van der Waals surface area contributed by atoms with Gasteiger partial charge in [0.15, 0.2) is 11.2 Å². The maximum Gasteiger partial charge on any atom is 1.00 e. The number of imidazole rings is 1. The monoisotopic (exact) mass is 369 g/mol. The van der Waals surface area contributed by atoms with Crippen LogP contribution in [0.25, 0.3) is 11.2 Å². The fourth-order valence-corrected chi connectivity index (χ4v) is 2.69. The van der Waals surface area contributed by atoms with Crippen LogP contribution in [-0.2, 0) is 13.8 Å². The van der Waals surface area contributed by atoms with Crippen molar-refractivity contribution in [2.24, 2.45) is 0 Å². The van der Waals surface area contributed by atoms with Crippen LogP contribution in [0.15, 0.2) is 11.1 Å². The second-order valence-corrected chi connectivity index (χ2v) is 6.17. The van der Waals surface area contributed by atoms with E-state index in [9.17, 15) is 19.4 Å². The number of aromatic nitrogens is 4. The van der Waals surface area contributed by atoms with Crippen molar-refractivity contribution in [3.63, 3.8) is 0 Å². The zero-order valence-corrected chi connectivity index (χ0v) is 15.4. The molecule has 2 aromatic heterocycles. The van der Waals surface area contributed by atoms with Crippen LogP contribution < -0.4 is 45.7 Å². The van der Waals surface area contributed by atoms with Crippen LogP contribution in [0.1, 0.15) is 12.6 Å². The maximum atomic E-state index is 11.7. The van der Waals surface area contributed by atoms with Crippen LogP contribution in [-0.4, -0.2) is 48.3 Å². The van der Waals surface area contributed by atoms with Gasteiger partial charge in [-0.1, -0.05) is 0 Å². The Morgan fingerprint density at radius 2 is 2.33 bits per heavy atom. The summed E-state index contributed by atoms with van der Waals surface area (Å²) in [4.78, 5) is 41.1. The van der Waals surface area contributed by atoms with E-state index >= 15 is 0 Å². The van der Waals surface area contributed by atoms with Gasteiger partial charge in [-0.3, -0.25) is 18.9 Å². The third-order valence-corrected chi connectivity index (χ3v) is 3.84. The summed E-state index contributed by atoms with van der Waals surface area (Å²) in [5.41, 5.74) is 5.19. The summed E-state index contributed by atoms with van der Waals surface area (Å²) < 4.78 is 21.7. The smallest absolute Gasteiger partial charge is 0.756 e. The first-order valence-corrected chi connectivity index (χ1v) is 7.98. The van der Waals surface area contributed by atoms with Crippen molar-refractivity contribution in [2.45, 2.75) is 24.9 Å². The van der Waals surface area contributed by atoms with Crippen molar-refractivity contribution >= 4 is 24.9 Å². The van der Waals surface area contributed by atoms with Gasteiger partial charge in [-0.05, 0) is 0 Å². The number of rotatable bonds is 4. The number of hydrogen-bond donors (Lipinski definition) is 4. The third-order valence-electron chi connectivity index (χ3n) is 3.37. The number of nitrogens with one attached hydrogen (secondary N) is 1. The minimum absolute atomic E-state index is 0. The van der Waals surface area contributed by atoms with Gasteiger partial charge in [0, 0.05) is 6.42 Å². The number of nitrogen functional groups attached to an aromatic ring is 1. The zero-order chi connectivity index (χ0) is 16.8. The first-order chi connectivity index (χ1) is 10.7. The molecule has 0 radical (unpaired) electrons. The largest absolute Gasteiger partial charge is 1.00 e. The molecule has 1 saturated heterocycles. The molecule has 12 nitrogen and oxygen atoms in total. The molecule has 24 heavy (non-hydrogen) atoms. The van der Waals surface area contributed by atoms with Crippen LogP contribution >= 0.6 is 7.82 Å². The van der Waals surface area contributed by atoms with E-state index < -0.39 is 38.4 Å². The van der Waals surface area contributed by atoms with Gasteiger partial charge in [-0.2, -0.15) is 4.98 Å². The van der Waals surface area contributed by atoms with E-state index in [2.05, 4.69) is 19.5 Å². The number of ether oxygens (including phenoxy) is 1. The Hall–Kier alpha value is -0.820. The number of aliphatic hydroxyl groups excluding tert-OH is 1. The molecule has 0 saturated carbocycles. The summed E-state index contributed by atoms with van der Waals surface area (Å²) >= 11 is 0. The first-order valence-electron chi connectivity index (χ1n) is 6.49. The molecule has 1 fully saturated rings. The number of fused-ring (bicyclic) bond motifs is 1. The molecule has 4 unspecified atom stereocenters. The van der Waals surface area contributed by atoms with E-state index in [1.54, 1.807) is 0 Å². The van der Waals surface area contributed by atoms with Crippen molar-refractivity contribution in [3.05, 3.63) is 16.7 Å². The van der Waals surface area contributed by atoms with Gasteiger partial charge in [0.05, 0.1) is 19.0 Å². The normalized spacial score (nSPS) is 26.2. The van der Waals surface area contributed by atoms with E-state index in [0.717, 1.165) is 0 Å². The number of phosphoric ester groups is 1. The Morgan fingerprint density at radius 3 is 3.00 bits per heavy atom. The number of anilines is 1. The number of aliphatic hydroxyl groups is 1. The van der Waals surface area contributed by atoms with Crippen molar-refractivity contribution in [3.8, 4) is 0 Å². The van der Waals surface area contributed by atoms with Crippen LogP contribution in [0.2, 0.25) is 0 Å². The van der Waals surface area contributed by atoms with Crippen LogP contribution in [0.5, 0.6) is 0 Å². The average Bonchev–Trinajstić information content (AvgIpc) is 2.99. The topological polar surface area (TPSA) is 189 Å². The molecular formula is C10H13N5NaO7P. The summed E-state index contributed by atoms with van der Waals surface area (Å²) in [6, 6.07) is 0. The predicted molar refractivity (Wildman–Crippen MR) is 72.9 cm³/mol. The molecule has 0 aromatic carbocycles. The zero-order valence-electron chi connectivity index (χ0n) is 12.5. The summed E-state index contributed by atoms with van der Waals surface area (Å²) in [6.07, 6.45) is -1.38. The summed E-state index contributed by atoms with van der Waals surface area (Å²) in [7, 11) is -4.91. The van der Waals surface area contributed by atoms with Crippen LogP contribution in [0.4, 0.5) is 5.95 Å². The average molecular weight is 369 g/mol. The second kappa shape index (κ2) is 7.20. The molecule has 2 aromatic rings. The first kappa shape index (κ1) is 19.5. The molecule has 5 N–H and O–H groups in total. The molecular weight excluding hydrogens is 356 g/mol. The Labute approximate surface area is 156 Å². The molecule has 126 valence electrons. The van der Waals surface area contributed by atoms with Gasteiger partial charge in [0.2, 0.25) is 5.95 Å². The fourth-order valence-electron chi connectivity index (χ4n) is 2.36. The fraction of sp³-hybridized carbons (Fsp3) is 0.500. The minimum atomic E-state index is -4.91. The number of H-pyrrole nitrogens is 1. The molecule has 0 bridgehead atoms. The number of nitrogens with two attached hydrogens (primary N) is 1. The van der Waals surface area contributed by atoms with Gasteiger partial charge in [-0.15, -0.1) is 0 Å². The Bertz CT molecular complexity index is 835. The number of hydrogen-bond acceptors (Lipinski definition) is 9. The summed E-state index contributed by atoms with van der Waals surface area (Å²) in [5, 5.41) is 9.91. The van der Waals surface area contributed by atoms with Crippen molar-refractivity contribution in [2.75, 3.05) is 12.3 Å². The Kier molecular flexibility index (Phi) is 5.85. The van der Waals surface area contributed by atoms with E-state index in [1.807, 2.05) is 0 Å². The molecule has 0 aliphatic carbocycles. The van der Waals surface area contributed by atoms with Gasteiger partial charge < -0.3 is 29.9 Å². The van der Waals surface area contributed by atoms with Gasteiger partial charge in [-0.25, -0.2) is 4.98 Å². The molecule has 0 spiro atoms.